The molecule has 3 fully saturated rings. The zero-order valence-electron chi connectivity index (χ0n) is 33.8. The first-order chi connectivity index (χ1) is 30.6. The number of likely N-dealkylation sites (N-methyl/N-ethyl adjacent to an activating group) is 1. The summed E-state index contributed by atoms with van der Waals surface area (Å²) in [7, 11) is 3.22. The van der Waals surface area contributed by atoms with Gasteiger partial charge in [0.25, 0.3) is 17.7 Å². The lowest BCUT2D eigenvalue weighted by molar-refractivity contribution is -0.153. The van der Waals surface area contributed by atoms with Gasteiger partial charge < -0.3 is 31.1 Å². The molecule has 0 radical (unpaired) electrons. The molecular weight excluding hydrogens is 919 g/mol. The predicted molar refractivity (Wildman–Crippen MR) is 224 cm³/mol. The largest absolute Gasteiger partial charge is 0.508 e. The number of tetrazole rings is 2. The number of hydrogen-bond acceptors (Lipinski definition) is 18. The van der Waals surface area contributed by atoms with E-state index in [0.717, 1.165) is 4.90 Å². The number of thioether (sulfide) groups is 3. The summed E-state index contributed by atoms with van der Waals surface area (Å²) in [5, 5.41) is 46.0. The fourth-order valence-corrected chi connectivity index (χ4v) is 11.3. The number of nitrogens with one attached hydrogen (secondary N) is 3. The average molecular weight is 956 g/mol. The SMILES string of the molecule is CCN1CCN(C(=O)N[C@@H](C(=O)N[C@@H]2C(=O)N3C(C(=O)N[C@@H]4C(=O)N5C(C(=O)O)=C(CSc6nnnn6C)CS[C@H]45)=C(Cn4nnn(C)c4=S)CS[C@H]23)c2ccc(O)cc2)C(=O)C1=O. The number of aryl methyl sites for hydroxylation is 2. The molecule has 7 heterocycles. The Balaban J connectivity index is 1.02. The molecule has 2 aromatic heterocycles. The summed E-state index contributed by atoms with van der Waals surface area (Å²) in [6.07, 6.45) is 0. The third-order valence-electron chi connectivity index (χ3n) is 10.9. The van der Waals surface area contributed by atoms with Crippen LogP contribution in [-0.4, -0.2) is 177 Å². The molecule has 29 heteroatoms. The van der Waals surface area contributed by atoms with Gasteiger partial charge in [0, 0.05) is 51.0 Å². The number of phenolic OH excluding ortho intramolecular Hbond substituents is 1. The van der Waals surface area contributed by atoms with Crippen molar-refractivity contribution in [3.63, 3.8) is 0 Å². The van der Waals surface area contributed by atoms with E-state index in [9.17, 15) is 48.6 Å². The lowest BCUT2D eigenvalue weighted by Gasteiger charge is -2.52. The molecule has 0 saturated carbocycles. The number of carboxylic acids is 1. The summed E-state index contributed by atoms with van der Waals surface area (Å²) >= 11 is 9.10. The van der Waals surface area contributed by atoms with Crippen molar-refractivity contribution in [1.29, 1.82) is 0 Å². The molecule has 3 aromatic rings. The van der Waals surface area contributed by atoms with E-state index in [1.54, 1.807) is 21.0 Å². The smallest absolute Gasteiger partial charge is 0.352 e. The number of fused-ring (bicyclic) bond motifs is 2. The molecule has 0 bridgehead atoms. The molecule has 25 nitrogen and oxygen atoms in total. The molecule has 5 N–H and O–H groups in total. The first-order valence-corrected chi connectivity index (χ1v) is 22.8. The van der Waals surface area contributed by atoms with Gasteiger partial charge in [0.2, 0.25) is 15.8 Å². The van der Waals surface area contributed by atoms with Crippen molar-refractivity contribution in [2.24, 2.45) is 14.1 Å². The van der Waals surface area contributed by atoms with Crippen LogP contribution < -0.4 is 16.0 Å². The first kappa shape index (κ1) is 44.3. The van der Waals surface area contributed by atoms with Crippen LogP contribution in [0.2, 0.25) is 0 Å². The Morgan fingerprint density at radius 1 is 0.875 bits per heavy atom. The summed E-state index contributed by atoms with van der Waals surface area (Å²) in [4.78, 5) is 112. The minimum Gasteiger partial charge on any atom is -0.508 e. The fraction of sp³-hybridized carbons (Fsp3) is 0.429. The Labute approximate surface area is 378 Å². The van der Waals surface area contributed by atoms with Crippen molar-refractivity contribution in [2.45, 2.75) is 47.5 Å². The number of amides is 8. The Hall–Kier alpha value is -6.33. The highest BCUT2D eigenvalue weighted by molar-refractivity contribution is 8.01. The summed E-state index contributed by atoms with van der Waals surface area (Å²) in [6.45, 7) is 1.82. The molecule has 0 aliphatic carbocycles. The third-order valence-corrected chi connectivity index (χ3v) is 15.1. The van der Waals surface area contributed by atoms with Crippen molar-refractivity contribution < 1.29 is 48.6 Å². The second-order valence-corrected chi connectivity index (χ2v) is 18.2. The molecule has 336 valence electrons. The minimum absolute atomic E-state index is 0.0739. The van der Waals surface area contributed by atoms with Gasteiger partial charge in [-0.25, -0.2) is 23.6 Å². The number of imide groups is 1. The maximum atomic E-state index is 14.4. The molecule has 3 saturated heterocycles. The van der Waals surface area contributed by atoms with Gasteiger partial charge in [-0.1, -0.05) is 23.9 Å². The van der Waals surface area contributed by atoms with Gasteiger partial charge in [0.05, 0.1) is 6.54 Å². The third kappa shape index (κ3) is 7.95. The molecule has 5 aliphatic heterocycles. The van der Waals surface area contributed by atoms with E-state index in [1.165, 1.54) is 83.4 Å². The summed E-state index contributed by atoms with van der Waals surface area (Å²) in [6, 6.07) is 0.319. The van der Waals surface area contributed by atoms with Crippen LogP contribution in [0.4, 0.5) is 4.79 Å². The van der Waals surface area contributed by atoms with Crippen molar-refractivity contribution in [3.05, 3.63) is 57.1 Å². The van der Waals surface area contributed by atoms with Crippen LogP contribution in [0, 0.1) is 4.77 Å². The van der Waals surface area contributed by atoms with E-state index >= 15 is 0 Å². The van der Waals surface area contributed by atoms with Crippen LogP contribution in [0.15, 0.2) is 52.0 Å². The van der Waals surface area contributed by atoms with Crippen LogP contribution in [0.25, 0.3) is 0 Å². The Kier molecular flexibility index (Phi) is 12.2. The molecule has 1 aromatic carbocycles. The number of nitrogens with zero attached hydrogens (tertiary/aromatic N) is 12. The zero-order valence-corrected chi connectivity index (χ0v) is 37.1. The van der Waals surface area contributed by atoms with Crippen LogP contribution in [-0.2, 0) is 54.2 Å². The number of aliphatic carboxylic acids is 1. The normalized spacial score (nSPS) is 22.4. The van der Waals surface area contributed by atoms with Crippen LogP contribution in [0.5, 0.6) is 5.75 Å². The number of β-lactam (4-membered cyclic amide) rings is 2. The highest BCUT2D eigenvalue weighted by Crippen LogP contribution is 2.44. The number of piperazine rings is 1. The maximum absolute atomic E-state index is 14.4. The van der Waals surface area contributed by atoms with Gasteiger partial charge in [-0.15, -0.1) is 28.6 Å². The number of aromatic hydroxyl groups is 1. The molecular formula is C35H37N15O10S4. The molecule has 5 atom stereocenters. The Morgan fingerprint density at radius 3 is 2.14 bits per heavy atom. The quantitative estimate of drug-likeness (QED) is 0.0531. The second-order valence-electron chi connectivity index (χ2n) is 14.7. The van der Waals surface area contributed by atoms with Gasteiger partial charge in [-0.05, 0) is 68.8 Å². The number of phenols is 1. The van der Waals surface area contributed by atoms with E-state index < -0.39 is 76.3 Å². The van der Waals surface area contributed by atoms with Gasteiger partial charge in [-0.2, -0.15) is 0 Å². The molecule has 8 amide bonds. The van der Waals surface area contributed by atoms with Crippen molar-refractivity contribution in [3.8, 4) is 5.75 Å². The molecule has 0 spiro atoms. The van der Waals surface area contributed by atoms with Crippen molar-refractivity contribution in [2.75, 3.05) is 36.9 Å². The predicted octanol–water partition coefficient (Wildman–Crippen LogP) is -2.10. The van der Waals surface area contributed by atoms with Crippen molar-refractivity contribution in [1.82, 2.24) is 75.5 Å². The fourth-order valence-electron chi connectivity index (χ4n) is 7.53. The lowest BCUT2D eigenvalue weighted by Crippen LogP contribution is -2.73. The minimum atomic E-state index is -1.52. The molecule has 8 rings (SSSR count). The molecule has 5 aliphatic rings. The number of hydrogen-bond donors (Lipinski definition) is 5. The standard InChI is InChI=1S/C35H37N15O10S4/c1-4-46-9-10-47(29(57)28(46)56)33(60)38-19(15-5-7-18(51)8-6-15)24(52)36-20-26(54)49-22(16(12-62-30(20)49)11-48-35(61)45(3)42-43-48)25(53)37-21-27(55)50-23(32(58)59)17(13-63-31(21)50)14-64-34-39-40-41-44(34)2/h5-8,19-21,30-31,51H,4,9-14H2,1-3H3,(H,36,52)(H,37,53)(H,38,60)(H,58,59)/t19-,20-,21-,30-,31-/m1/s1. The van der Waals surface area contributed by atoms with Crippen molar-refractivity contribution >= 4 is 94.9 Å². The van der Waals surface area contributed by atoms with Crippen LogP contribution in [0.1, 0.15) is 18.5 Å². The first-order valence-electron chi connectivity index (χ1n) is 19.3. The molecule has 0 unspecified atom stereocenters. The highest BCUT2D eigenvalue weighted by Gasteiger charge is 2.58. The van der Waals surface area contributed by atoms with Crippen LogP contribution >= 0.6 is 47.5 Å². The number of benzene rings is 1. The number of carbonyl (C=O) groups is 8. The lowest BCUT2D eigenvalue weighted by atomic mass is 9.99. The number of rotatable bonds is 13. The van der Waals surface area contributed by atoms with Gasteiger partial charge >= 0.3 is 23.8 Å². The van der Waals surface area contributed by atoms with E-state index in [4.69, 9.17) is 12.2 Å². The topological polar surface area (TPSA) is 305 Å². The second kappa shape index (κ2) is 17.7. The number of aromatic nitrogens is 8. The van der Waals surface area contributed by atoms with E-state index in [2.05, 4.69) is 41.9 Å². The van der Waals surface area contributed by atoms with E-state index in [-0.39, 0.29) is 70.9 Å². The highest BCUT2D eigenvalue weighted by atomic mass is 32.2. The maximum Gasteiger partial charge on any atom is 0.352 e. The number of urea groups is 1. The summed E-state index contributed by atoms with van der Waals surface area (Å²) < 4.78 is 4.32. The van der Waals surface area contributed by atoms with E-state index in [0.29, 0.717) is 21.2 Å². The van der Waals surface area contributed by atoms with Gasteiger partial charge in [0.15, 0.2) is 0 Å². The number of carbonyl (C=O) groups excluding carboxylic acids is 7. The monoisotopic (exact) mass is 955 g/mol. The Morgan fingerprint density at radius 2 is 1.53 bits per heavy atom. The van der Waals surface area contributed by atoms with Gasteiger partial charge in [-0.3, -0.25) is 43.5 Å². The van der Waals surface area contributed by atoms with Gasteiger partial charge in [0.1, 0.15) is 46.0 Å². The van der Waals surface area contributed by atoms with Crippen LogP contribution in [0.3, 0.4) is 0 Å². The molecule has 64 heavy (non-hydrogen) atoms. The Bertz CT molecular complexity index is 2630. The van der Waals surface area contributed by atoms with E-state index in [1.807, 2.05) is 0 Å². The number of carboxylic acid groups (broad SMARTS) is 1. The summed E-state index contributed by atoms with van der Waals surface area (Å²) in [5.74, 6) is -5.98. The summed E-state index contributed by atoms with van der Waals surface area (Å²) in [5.41, 5.74) is 0.688. The average Bonchev–Trinajstić information content (AvgIpc) is 3.84. The zero-order chi connectivity index (χ0) is 45.7.